The Bertz CT molecular complexity index is 551. The van der Waals surface area contributed by atoms with Gasteiger partial charge >= 0.3 is 0 Å². The first-order valence-corrected chi connectivity index (χ1v) is 5.02. The predicted molar refractivity (Wildman–Crippen MR) is 57.5 cm³/mol. The molecule has 0 N–H and O–H groups in total. The number of nitrogens with zero attached hydrogens (tertiary/aromatic N) is 2. The van der Waals surface area contributed by atoms with Crippen molar-refractivity contribution in [2.45, 2.75) is 13.0 Å². The van der Waals surface area contributed by atoms with Crippen LogP contribution < -0.4 is 0 Å². The number of aromatic nitrogens is 2. The number of rotatable bonds is 3. The van der Waals surface area contributed by atoms with Gasteiger partial charge in [-0.1, -0.05) is 6.07 Å². The van der Waals surface area contributed by atoms with Crippen LogP contribution in [0.4, 0.5) is 8.78 Å². The van der Waals surface area contributed by atoms with Crippen LogP contribution in [0.3, 0.4) is 0 Å². The minimum Gasteiger partial charge on any atom is -0.323 e. The lowest BCUT2D eigenvalue weighted by atomic mass is 10.1. The molecule has 0 saturated heterocycles. The fourth-order valence-corrected chi connectivity index (χ4v) is 1.64. The van der Waals surface area contributed by atoms with Crippen molar-refractivity contribution in [3.05, 3.63) is 53.6 Å². The fraction of sp³-hybridized carbons (Fsp3) is 0.167. The van der Waals surface area contributed by atoms with Crippen molar-refractivity contribution in [2.75, 3.05) is 0 Å². The van der Waals surface area contributed by atoms with E-state index in [1.807, 2.05) is 0 Å². The first kappa shape index (κ1) is 11.4. The van der Waals surface area contributed by atoms with E-state index in [0.717, 1.165) is 17.8 Å². The van der Waals surface area contributed by atoms with E-state index in [1.54, 1.807) is 13.1 Å². The standard InChI is InChI=1S/C12H10F2N2O/c1-8-5-16(7-15-8)12(6-17)10-3-2-9(13)4-11(10)14/h2-7,12H,1H3. The molecule has 0 radical (unpaired) electrons. The molecule has 2 aromatic rings. The molecule has 0 aliphatic carbocycles. The first-order chi connectivity index (χ1) is 8.11. The quantitative estimate of drug-likeness (QED) is 0.766. The summed E-state index contributed by atoms with van der Waals surface area (Å²) in [6.45, 7) is 1.76. The summed E-state index contributed by atoms with van der Waals surface area (Å²) in [7, 11) is 0. The van der Waals surface area contributed by atoms with Crippen molar-refractivity contribution in [1.29, 1.82) is 0 Å². The van der Waals surface area contributed by atoms with Crippen LogP contribution in [0, 0.1) is 18.6 Å². The van der Waals surface area contributed by atoms with Gasteiger partial charge in [-0.25, -0.2) is 13.8 Å². The average molecular weight is 236 g/mol. The zero-order valence-corrected chi connectivity index (χ0v) is 9.10. The second-order valence-corrected chi connectivity index (χ2v) is 3.71. The van der Waals surface area contributed by atoms with Gasteiger partial charge in [0.25, 0.3) is 0 Å². The lowest BCUT2D eigenvalue weighted by Crippen LogP contribution is -2.12. The van der Waals surface area contributed by atoms with Crippen molar-refractivity contribution >= 4 is 6.29 Å². The molecule has 0 aliphatic rings. The molecular formula is C12H10F2N2O. The number of carbonyl (C=O) groups excluding carboxylic acids is 1. The number of aryl methyl sites for hydroxylation is 1. The van der Waals surface area contributed by atoms with E-state index in [-0.39, 0.29) is 5.56 Å². The van der Waals surface area contributed by atoms with Crippen molar-refractivity contribution in [3.63, 3.8) is 0 Å². The van der Waals surface area contributed by atoms with E-state index in [0.29, 0.717) is 6.29 Å². The van der Waals surface area contributed by atoms with Crippen molar-refractivity contribution in [2.24, 2.45) is 0 Å². The highest BCUT2D eigenvalue weighted by Gasteiger charge is 2.17. The van der Waals surface area contributed by atoms with E-state index >= 15 is 0 Å². The molecule has 0 amide bonds. The second-order valence-electron chi connectivity index (χ2n) is 3.71. The molecule has 5 heteroatoms. The van der Waals surface area contributed by atoms with Crippen molar-refractivity contribution in [3.8, 4) is 0 Å². The number of benzene rings is 1. The van der Waals surface area contributed by atoms with Gasteiger partial charge in [-0.2, -0.15) is 0 Å². The minimum atomic E-state index is -0.822. The van der Waals surface area contributed by atoms with Gasteiger partial charge in [-0.05, 0) is 13.0 Å². The molecule has 1 aromatic carbocycles. The molecule has 1 atom stereocenters. The van der Waals surface area contributed by atoms with Crippen LogP contribution in [0.1, 0.15) is 17.3 Å². The summed E-state index contributed by atoms with van der Waals surface area (Å²) >= 11 is 0. The molecule has 0 bridgehead atoms. The molecule has 0 fully saturated rings. The van der Waals surface area contributed by atoms with Gasteiger partial charge < -0.3 is 9.36 Å². The first-order valence-electron chi connectivity index (χ1n) is 5.02. The highest BCUT2D eigenvalue weighted by atomic mass is 19.1. The molecule has 0 spiro atoms. The van der Waals surface area contributed by atoms with Crippen LogP contribution >= 0.6 is 0 Å². The van der Waals surface area contributed by atoms with Crippen molar-refractivity contribution < 1.29 is 13.6 Å². The molecule has 1 heterocycles. The second kappa shape index (κ2) is 4.45. The Kier molecular flexibility index (Phi) is 2.99. The monoisotopic (exact) mass is 236 g/mol. The third-order valence-electron chi connectivity index (χ3n) is 2.46. The zero-order chi connectivity index (χ0) is 12.4. The fourth-order valence-electron chi connectivity index (χ4n) is 1.64. The summed E-state index contributed by atoms with van der Waals surface area (Å²) in [5.74, 6) is -1.41. The number of hydrogen-bond acceptors (Lipinski definition) is 2. The zero-order valence-electron chi connectivity index (χ0n) is 9.10. The molecular weight excluding hydrogens is 226 g/mol. The molecule has 3 nitrogen and oxygen atoms in total. The van der Waals surface area contributed by atoms with Gasteiger partial charge in [0.1, 0.15) is 24.0 Å². The Balaban J connectivity index is 2.45. The van der Waals surface area contributed by atoms with Crippen LogP contribution in [0.25, 0.3) is 0 Å². The number of carbonyl (C=O) groups is 1. The maximum atomic E-state index is 13.5. The lowest BCUT2D eigenvalue weighted by molar-refractivity contribution is -0.109. The van der Waals surface area contributed by atoms with Crippen molar-refractivity contribution in [1.82, 2.24) is 9.55 Å². The summed E-state index contributed by atoms with van der Waals surface area (Å²) in [5, 5.41) is 0. The predicted octanol–water partition coefficient (Wildman–Crippen LogP) is 2.26. The molecule has 2 rings (SSSR count). The van der Waals surface area contributed by atoms with Crippen LogP contribution in [-0.2, 0) is 4.79 Å². The third-order valence-corrected chi connectivity index (χ3v) is 2.46. The van der Waals surface area contributed by atoms with Gasteiger partial charge in [0, 0.05) is 17.8 Å². The highest BCUT2D eigenvalue weighted by molar-refractivity contribution is 5.62. The third kappa shape index (κ3) is 2.22. The maximum Gasteiger partial charge on any atom is 0.147 e. The van der Waals surface area contributed by atoms with Gasteiger partial charge in [0.15, 0.2) is 0 Å². The van der Waals surface area contributed by atoms with Gasteiger partial charge in [-0.3, -0.25) is 0 Å². The summed E-state index contributed by atoms with van der Waals surface area (Å²) < 4.78 is 27.8. The Labute approximate surface area is 96.7 Å². The summed E-state index contributed by atoms with van der Waals surface area (Å²) in [4.78, 5) is 15.0. The number of hydrogen-bond donors (Lipinski definition) is 0. The maximum absolute atomic E-state index is 13.5. The average Bonchev–Trinajstić information content (AvgIpc) is 2.69. The number of imidazole rings is 1. The van der Waals surface area contributed by atoms with E-state index < -0.39 is 17.7 Å². The summed E-state index contributed by atoms with van der Waals surface area (Å²) in [6.07, 6.45) is 3.66. The minimum absolute atomic E-state index is 0.124. The summed E-state index contributed by atoms with van der Waals surface area (Å²) in [6, 6.07) is 2.32. The van der Waals surface area contributed by atoms with Gasteiger partial charge in [-0.15, -0.1) is 0 Å². The topological polar surface area (TPSA) is 34.9 Å². The van der Waals surface area contributed by atoms with Gasteiger partial charge in [0.2, 0.25) is 0 Å². The van der Waals surface area contributed by atoms with E-state index in [9.17, 15) is 13.6 Å². The highest BCUT2D eigenvalue weighted by Crippen LogP contribution is 2.20. The van der Waals surface area contributed by atoms with Gasteiger partial charge in [0.05, 0.1) is 12.0 Å². The number of aldehydes is 1. The Morgan fingerprint density at radius 2 is 2.18 bits per heavy atom. The van der Waals surface area contributed by atoms with Crippen LogP contribution in [-0.4, -0.2) is 15.8 Å². The SMILES string of the molecule is Cc1cn(C(C=O)c2ccc(F)cc2F)cn1. The van der Waals surface area contributed by atoms with Crippen LogP contribution in [0.15, 0.2) is 30.7 Å². The molecule has 1 unspecified atom stereocenters. The Morgan fingerprint density at radius 3 is 2.71 bits per heavy atom. The van der Waals surface area contributed by atoms with E-state index in [2.05, 4.69) is 4.98 Å². The van der Waals surface area contributed by atoms with Crippen LogP contribution in [0.2, 0.25) is 0 Å². The Morgan fingerprint density at radius 1 is 1.41 bits per heavy atom. The molecule has 1 aromatic heterocycles. The lowest BCUT2D eigenvalue weighted by Gasteiger charge is -2.12. The number of halogens is 2. The normalized spacial score (nSPS) is 12.4. The molecule has 0 saturated carbocycles. The Hall–Kier alpha value is -2.04. The van der Waals surface area contributed by atoms with Crippen LogP contribution in [0.5, 0.6) is 0 Å². The molecule has 17 heavy (non-hydrogen) atoms. The molecule has 0 aliphatic heterocycles. The van der Waals surface area contributed by atoms with E-state index in [4.69, 9.17) is 0 Å². The smallest absolute Gasteiger partial charge is 0.147 e. The molecule has 88 valence electrons. The largest absolute Gasteiger partial charge is 0.323 e. The summed E-state index contributed by atoms with van der Waals surface area (Å²) in [5.41, 5.74) is 0.846. The van der Waals surface area contributed by atoms with E-state index in [1.165, 1.54) is 17.0 Å².